The van der Waals surface area contributed by atoms with Crippen molar-refractivity contribution in [3.63, 3.8) is 0 Å². The highest BCUT2D eigenvalue weighted by molar-refractivity contribution is 7.90. The summed E-state index contributed by atoms with van der Waals surface area (Å²) in [6, 6.07) is 5.52. The molecule has 0 aliphatic heterocycles. The van der Waals surface area contributed by atoms with Crippen LogP contribution < -0.4 is 10.6 Å². The number of alkyl halides is 2. The van der Waals surface area contributed by atoms with Gasteiger partial charge < -0.3 is 15.4 Å². The Morgan fingerprint density at radius 2 is 1.83 bits per heavy atom. The average Bonchev–Trinajstić information content (AvgIpc) is 2.50. The molecule has 0 aliphatic carbocycles. The van der Waals surface area contributed by atoms with E-state index >= 15 is 0 Å². The molecule has 6 nitrogen and oxygen atoms in total. The molecule has 1 amide bonds. The third-order valence-corrected chi connectivity index (χ3v) is 4.20. The molecule has 0 atom stereocenters. The predicted molar refractivity (Wildman–Crippen MR) is 82.1 cm³/mol. The van der Waals surface area contributed by atoms with Crippen LogP contribution in [0.2, 0.25) is 0 Å². The van der Waals surface area contributed by atoms with Gasteiger partial charge in [0.05, 0.1) is 12.4 Å². The third kappa shape index (κ3) is 7.02. The van der Waals surface area contributed by atoms with E-state index in [1.54, 1.807) is 7.11 Å². The fourth-order valence-electron chi connectivity index (χ4n) is 1.71. The van der Waals surface area contributed by atoms with Crippen molar-refractivity contribution in [3.8, 4) is 0 Å². The topological polar surface area (TPSA) is 84.5 Å². The molecule has 23 heavy (non-hydrogen) atoms. The lowest BCUT2D eigenvalue weighted by Gasteiger charge is -2.07. The van der Waals surface area contributed by atoms with Crippen molar-refractivity contribution >= 4 is 15.7 Å². The first-order valence-corrected chi connectivity index (χ1v) is 8.65. The number of hydrogen-bond acceptors (Lipinski definition) is 5. The molecule has 1 aromatic carbocycles. The Balaban J connectivity index is 2.45. The van der Waals surface area contributed by atoms with Crippen LogP contribution in [0.15, 0.2) is 24.3 Å². The van der Waals surface area contributed by atoms with Gasteiger partial charge in [-0.1, -0.05) is 12.1 Å². The van der Waals surface area contributed by atoms with Gasteiger partial charge in [-0.3, -0.25) is 4.79 Å². The van der Waals surface area contributed by atoms with Gasteiger partial charge in [-0.05, 0) is 17.7 Å². The van der Waals surface area contributed by atoms with Gasteiger partial charge in [0, 0.05) is 32.3 Å². The van der Waals surface area contributed by atoms with E-state index in [2.05, 4.69) is 10.6 Å². The lowest BCUT2D eigenvalue weighted by Crippen LogP contribution is -2.33. The molecule has 0 spiro atoms. The van der Waals surface area contributed by atoms with Gasteiger partial charge in [0.2, 0.25) is 9.84 Å². The molecule has 0 saturated carbocycles. The standard InChI is InChI=1S/C14H20F2N2O4S/c1-22-9-8-17-6-7-18-13(19)12-4-2-11(3-5-12)10-23(20,21)14(15)16/h2-5,14,17H,6-10H2,1H3,(H,18,19). The second-order valence-electron chi connectivity index (χ2n) is 4.76. The minimum Gasteiger partial charge on any atom is -0.383 e. The van der Waals surface area contributed by atoms with E-state index in [4.69, 9.17) is 4.74 Å². The SMILES string of the molecule is COCCNCCNC(=O)c1ccc(CS(=O)(=O)C(F)F)cc1. The highest BCUT2D eigenvalue weighted by atomic mass is 32.2. The lowest BCUT2D eigenvalue weighted by molar-refractivity contribution is 0.0953. The first-order valence-electron chi connectivity index (χ1n) is 6.93. The van der Waals surface area contributed by atoms with Crippen molar-refractivity contribution in [1.29, 1.82) is 0 Å². The van der Waals surface area contributed by atoms with Crippen molar-refractivity contribution in [1.82, 2.24) is 10.6 Å². The Kier molecular flexibility index (Phi) is 8.07. The van der Waals surface area contributed by atoms with Crippen LogP contribution in [0.5, 0.6) is 0 Å². The maximum absolute atomic E-state index is 12.3. The largest absolute Gasteiger partial charge is 0.383 e. The van der Waals surface area contributed by atoms with Crippen LogP contribution in [0, 0.1) is 0 Å². The maximum Gasteiger partial charge on any atom is 0.337 e. The summed E-state index contributed by atoms with van der Waals surface area (Å²) in [5.41, 5.74) is 0.545. The molecule has 0 heterocycles. The van der Waals surface area contributed by atoms with Gasteiger partial charge in [0.1, 0.15) is 0 Å². The number of benzene rings is 1. The van der Waals surface area contributed by atoms with Crippen molar-refractivity contribution in [2.75, 3.05) is 33.4 Å². The van der Waals surface area contributed by atoms with Gasteiger partial charge >= 0.3 is 5.76 Å². The van der Waals surface area contributed by atoms with Crippen LogP contribution in [-0.2, 0) is 20.3 Å². The number of carbonyl (C=O) groups is 1. The highest BCUT2D eigenvalue weighted by Crippen LogP contribution is 2.14. The van der Waals surface area contributed by atoms with Gasteiger partial charge in [-0.15, -0.1) is 0 Å². The molecule has 9 heteroatoms. The number of methoxy groups -OCH3 is 1. The summed E-state index contributed by atoms with van der Waals surface area (Å²) < 4.78 is 51.7. The van der Waals surface area contributed by atoms with Gasteiger partial charge in [-0.25, -0.2) is 8.42 Å². The Morgan fingerprint density at radius 1 is 1.17 bits per heavy atom. The zero-order valence-corrected chi connectivity index (χ0v) is 13.5. The second-order valence-corrected chi connectivity index (χ2v) is 6.73. The first kappa shape index (κ1) is 19.5. The van der Waals surface area contributed by atoms with Crippen LogP contribution in [0.25, 0.3) is 0 Å². The molecule has 0 fully saturated rings. The van der Waals surface area contributed by atoms with Gasteiger partial charge in [-0.2, -0.15) is 8.78 Å². The van der Waals surface area contributed by atoms with Crippen LogP contribution in [0.3, 0.4) is 0 Å². The first-order chi connectivity index (χ1) is 10.9. The fourth-order valence-corrected chi connectivity index (χ4v) is 2.50. The predicted octanol–water partition coefficient (Wildman–Crippen LogP) is 0.790. The van der Waals surface area contributed by atoms with Crippen molar-refractivity contribution in [2.45, 2.75) is 11.5 Å². The molecular formula is C14H20F2N2O4S. The Labute approximate surface area is 134 Å². The van der Waals surface area contributed by atoms with E-state index in [0.717, 1.165) is 0 Å². The Hall–Kier alpha value is -1.58. The minimum absolute atomic E-state index is 0.211. The van der Waals surface area contributed by atoms with Crippen LogP contribution in [0.1, 0.15) is 15.9 Å². The molecular weight excluding hydrogens is 330 g/mol. The third-order valence-electron chi connectivity index (χ3n) is 2.93. The molecule has 1 rings (SSSR count). The van der Waals surface area contributed by atoms with Crippen molar-refractivity contribution in [2.24, 2.45) is 0 Å². The van der Waals surface area contributed by atoms with Crippen LogP contribution in [-0.4, -0.2) is 53.4 Å². The molecule has 0 aromatic heterocycles. The van der Waals surface area contributed by atoms with E-state index in [1.165, 1.54) is 24.3 Å². The zero-order valence-electron chi connectivity index (χ0n) is 12.7. The fraction of sp³-hybridized carbons (Fsp3) is 0.500. The van der Waals surface area contributed by atoms with E-state index < -0.39 is 21.3 Å². The number of sulfone groups is 1. The number of amides is 1. The number of hydrogen-bond donors (Lipinski definition) is 2. The van der Waals surface area contributed by atoms with E-state index in [9.17, 15) is 22.0 Å². The molecule has 130 valence electrons. The van der Waals surface area contributed by atoms with Crippen LogP contribution >= 0.6 is 0 Å². The van der Waals surface area contributed by atoms with Crippen molar-refractivity contribution < 1.29 is 26.7 Å². The molecule has 1 aromatic rings. The summed E-state index contributed by atoms with van der Waals surface area (Å²) in [7, 11) is -2.87. The number of halogens is 2. The van der Waals surface area contributed by atoms with E-state index in [1.807, 2.05) is 0 Å². The Bertz CT molecular complexity index is 591. The monoisotopic (exact) mass is 350 g/mol. The second kappa shape index (κ2) is 9.53. The zero-order chi connectivity index (χ0) is 17.3. The molecule has 2 N–H and O–H groups in total. The quantitative estimate of drug-likeness (QED) is 0.610. The number of rotatable bonds is 10. The number of ether oxygens (including phenoxy) is 1. The molecule has 0 aliphatic rings. The summed E-state index contributed by atoms with van der Waals surface area (Å²) in [4.78, 5) is 11.8. The number of carbonyl (C=O) groups excluding carboxylic acids is 1. The van der Waals surface area contributed by atoms with Gasteiger partial charge in [0.25, 0.3) is 5.91 Å². The van der Waals surface area contributed by atoms with Crippen LogP contribution in [0.4, 0.5) is 8.78 Å². The molecule has 0 radical (unpaired) electrons. The lowest BCUT2D eigenvalue weighted by atomic mass is 10.1. The maximum atomic E-state index is 12.3. The highest BCUT2D eigenvalue weighted by Gasteiger charge is 2.24. The van der Waals surface area contributed by atoms with Gasteiger partial charge in [0.15, 0.2) is 0 Å². The average molecular weight is 350 g/mol. The summed E-state index contributed by atoms with van der Waals surface area (Å²) in [6.45, 7) is 2.26. The minimum atomic E-state index is -4.46. The van der Waals surface area contributed by atoms with E-state index in [-0.39, 0.29) is 11.5 Å². The molecule has 0 saturated heterocycles. The smallest absolute Gasteiger partial charge is 0.337 e. The summed E-state index contributed by atoms with van der Waals surface area (Å²) in [5.74, 6) is -4.48. The normalized spacial score (nSPS) is 11.7. The summed E-state index contributed by atoms with van der Waals surface area (Å²) in [6.07, 6.45) is 0. The van der Waals surface area contributed by atoms with Crippen molar-refractivity contribution in [3.05, 3.63) is 35.4 Å². The Morgan fingerprint density at radius 3 is 2.39 bits per heavy atom. The molecule has 0 unspecified atom stereocenters. The number of nitrogens with one attached hydrogen (secondary N) is 2. The summed E-state index contributed by atoms with van der Waals surface area (Å²) >= 11 is 0. The molecule has 0 bridgehead atoms. The summed E-state index contributed by atoms with van der Waals surface area (Å²) in [5, 5.41) is 5.74. The van der Waals surface area contributed by atoms with E-state index in [0.29, 0.717) is 31.8 Å².